The van der Waals surface area contributed by atoms with Gasteiger partial charge in [-0.3, -0.25) is 4.79 Å². The summed E-state index contributed by atoms with van der Waals surface area (Å²) in [6.45, 7) is 3.76. The van der Waals surface area contributed by atoms with Crippen LogP contribution in [-0.4, -0.2) is 18.9 Å². The molecule has 0 aliphatic carbocycles. The van der Waals surface area contributed by atoms with E-state index in [1.165, 1.54) is 12.1 Å². The van der Waals surface area contributed by atoms with Gasteiger partial charge in [-0.25, -0.2) is 4.39 Å². The van der Waals surface area contributed by atoms with Gasteiger partial charge in [-0.2, -0.15) is 0 Å². The van der Waals surface area contributed by atoms with Gasteiger partial charge in [-0.15, -0.1) is 0 Å². The van der Waals surface area contributed by atoms with E-state index in [0.29, 0.717) is 23.3 Å². The van der Waals surface area contributed by atoms with Crippen LogP contribution in [0.25, 0.3) is 11.0 Å². The molecule has 1 unspecified atom stereocenters. The van der Waals surface area contributed by atoms with Gasteiger partial charge in [0.1, 0.15) is 11.4 Å². The number of Topliss-reactive ketones (excluding diaryl/α,β-unsaturated/α-hetero) is 1. The van der Waals surface area contributed by atoms with E-state index in [1.807, 2.05) is 0 Å². The van der Waals surface area contributed by atoms with Gasteiger partial charge < -0.3 is 9.73 Å². The molecular formula is C17H20FNO2. The average molecular weight is 289 g/mol. The highest BCUT2D eigenvalue weighted by Crippen LogP contribution is 2.36. The van der Waals surface area contributed by atoms with Gasteiger partial charge in [0, 0.05) is 17.3 Å². The highest BCUT2D eigenvalue weighted by molar-refractivity contribution is 6.01. The fraction of sp³-hybridized carbons (Fsp3) is 0.471. The molecule has 2 aromatic rings. The van der Waals surface area contributed by atoms with Crippen LogP contribution in [-0.2, 0) is 0 Å². The van der Waals surface area contributed by atoms with Crippen LogP contribution in [0.4, 0.5) is 4.39 Å². The largest absolute Gasteiger partial charge is 0.453 e. The number of nitrogens with one attached hydrogen (secondary N) is 1. The smallest absolute Gasteiger partial charge is 0.205 e. The number of fused-ring (bicyclic) bond motifs is 1. The second-order valence-corrected chi connectivity index (χ2v) is 5.93. The number of carbonyl (C=O) groups is 1. The molecule has 1 aliphatic heterocycles. The van der Waals surface area contributed by atoms with Crippen molar-refractivity contribution in [2.45, 2.75) is 32.6 Å². The number of rotatable bonds is 4. The predicted octanol–water partition coefficient (Wildman–Crippen LogP) is 3.92. The Balaban J connectivity index is 1.97. The maximum Gasteiger partial charge on any atom is 0.205 e. The molecule has 2 heterocycles. The lowest BCUT2D eigenvalue weighted by Crippen LogP contribution is -2.45. The van der Waals surface area contributed by atoms with Crippen LogP contribution in [0.1, 0.15) is 43.2 Å². The lowest BCUT2D eigenvalue weighted by molar-refractivity contribution is 0.0689. The van der Waals surface area contributed by atoms with Crippen molar-refractivity contribution in [3.63, 3.8) is 0 Å². The molecule has 4 heteroatoms. The Bertz CT molecular complexity index is 650. The summed E-state index contributed by atoms with van der Waals surface area (Å²) in [7, 11) is 0. The number of carbonyl (C=O) groups excluding carboxylic acids is 1. The van der Waals surface area contributed by atoms with Gasteiger partial charge in [0.05, 0.1) is 0 Å². The summed E-state index contributed by atoms with van der Waals surface area (Å²) in [5.41, 5.74) is 0.189. The molecule has 0 bridgehead atoms. The minimum absolute atomic E-state index is 0.0492. The van der Waals surface area contributed by atoms with Crippen LogP contribution >= 0.6 is 0 Å². The molecule has 1 atom stereocenters. The average Bonchev–Trinajstić information content (AvgIpc) is 2.90. The Kier molecular flexibility index (Phi) is 3.81. The van der Waals surface area contributed by atoms with Crippen LogP contribution in [0.5, 0.6) is 0 Å². The van der Waals surface area contributed by atoms with E-state index in [-0.39, 0.29) is 17.0 Å². The third kappa shape index (κ3) is 2.60. The monoisotopic (exact) mass is 289 g/mol. The van der Waals surface area contributed by atoms with Crippen molar-refractivity contribution in [2.75, 3.05) is 13.1 Å². The number of benzene rings is 1. The molecule has 1 aliphatic rings. The van der Waals surface area contributed by atoms with Gasteiger partial charge in [-0.05, 0) is 50.1 Å². The number of piperidine rings is 1. The van der Waals surface area contributed by atoms with Crippen LogP contribution < -0.4 is 5.32 Å². The van der Waals surface area contributed by atoms with E-state index in [0.717, 1.165) is 32.2 Å². The minimum atomic E-state index is -0.376. The SMILES string of the molecule is CCCC1(C(=O)c2cc3cc(F)ccc3o2)CCCNC1. The minimum Gasteiger partial charge on any atom is -0.453 e. The first kappa shape index (κ1) is 14.3. The summed E-state index contributed by atoms with van der Waals surface area (Å²) in [6.07, 6.45) is 3.70. The van der Waals surface area contributed by atoms with E-state index < -0.39 is 0 Å². The van der Waals surface area contributed by atoms with Crippen molar-refractivity contribution < 1.29 is 13.6 Å². The first-order chi connectivity index (χ1) is 10.1. The van der Waals surface area contributed by atoms with E-state index in [9.17, 15) is 9.18 Å². The predicted molar refractivity (Wildman–Crippen MR) is 79.9 cm³/mol. The Morgan fingerprint density at radius 1 is 1.43 bits per heavy atom. The molecule has 1 N–H and O–H groups in total. The van der Waals surface area contributed by atoms with E-state index in [4.69, 9.17) is 4.42 Å². The fourth-order valence-corrected chi connectivity index (χ4v) is 3.35. The molecule has 1 saturated heterocycles. The fourth-order valence-electron chi connectivity index (χ4n) is 3.35. The summed E-state index contributed by atoms with van der Waals surface area (Å²) in [5, 5.41) is 3.98. The van der Waals surface area contributed by atoms with Crippen LogP contribution in [0, 0.1) is 11.2 Å². The lowest BCUT2D eigenvalue weighted by Gasteiger charge is -2.35. The number of hydrogen-bond donors (Lipinski definition) is 1. The number of hydrogen-bond acceptors (Lipinski definition) is 3. The first-order valence-electron chi connectivity index (χ1n) is 7.59. The zero-order valence-electron chi connectivity index (χ0n) is 12.2. The Morgan fingerprint density at radius 3 is 3.00 bits per heavy atom. The number of halogens is 1. The van der Waals surface area contributed by atoms with Crippen molar-refractivity contribution in [3.05, 3.63) is 35.8 Å². The summed E-state index contributed by atoms with van der Waals surface area (Å²) < 4.78 is 18.9. The normalized spacial score (nSPS) is 22.6. The van der Waals surface area contributed by atoms with Gasteiger partial charge >= 0.3 is 0 Å². The second-order valence-electron chi connectivity index (χ2n) is 5.93. The lowest BCUT2D eigenvalue weighted by atomic mass is 9.73. The maximum absolute atomic E-state index is 13.3. The number of furan rings is 1. The van der Waals surface area contributed by atoms with Crippen LogP contribution in [0.3, 0.4) is 0 Å². The number of ketones is 1. The summed E-state index contributed by atoms with van der Waals surface area (Å²) in [4.78, 5) is 12.9. The third-order valence-electron chi connectivity index (χ3n) is 4.38. The summed E-state index contributed by atoms with van der Waals surface area (Å²) in [5.74, 6) is 0.0887. The molecule has 112 valence electrons. The van der Waals surface area contributed by atoms with E-state index in [1.54, 1.807) is 12.1 Å². The van der Waals surface area contributed by atoms with Crippen molar-refractivity contribution in [1.82, 2.24) is 5.32 Å². The quantitative estimate of drug-likeness (QED) is 0.867. The van der Waals surface area contributed by atoms with Gasteiger partial charge in [0.25, 0.3) is 0 Å². The molecule has 1 aromatic heterocycles. The molecule has 0 radical (unpaired) electrons. The second kappa shape index (κ2) is 5.60. The Morgan fingerprint density at radius 2 is 2.29 bits per heavy atom. The zero-order chi connectivity index (χ0) is 14.9. The van der Waals surface area contributed by atoms with E-state index >= 15 is 0 Å². The Hall–Kier alpha value is -1.68. The highest BCUT2D eigenvalue weighted by atomic mass is 19.1. The summed E-state index contributed by atoms with van der Waals surface area (Å²) in [6, 6.07) is 6.01. The molecule has 3 nitrogen and oxygen atoms in total. The highest BCUT2D eigenvalue weighted by Gasteiger charge is 2.40. The molecule has 0 amide bonds. The first-order valence-corrected chi connectivity index (χ1v) is 7.59. The zero-order valence-corrected chi connectivity index (χ0v) is 12.2. The van der Waals surface area contributed by atoms with Crippen molar-refractivity contribution >= 4 is 16.8 Å². The van der Waals surface area contributed by atoms with Crippen molar-refractivity contribution in [3.8, 4) is 0 Å². The van der Waals surface area contributed by atoms with Crippen LogP contribution in [0.15, 0.2) is 28.7 Å². The van der Waals surface area contributed by atoms with Gasteiger partial charge in [-0.1, -0.05) is 13.3 Å². The molecular weight excluding hydrogens is 269 g/mol. The van der Waals surface area contributed by atoms with Gasteiger partial charge in [0.15, 0.2) is 5.76 Å². The molecule has 3 rings (SSSR count). The molecule has 1 aromatic carbocycles. The molecule has 0 saturated carbocycles. The van der Waals surface area contributed by atoms with E-state index in [2.05, 4.69) is 12.2 Å². The van der Waals surface area contributed by atoms with Gasteiger partial charge in [0.2, 0.25) is 5.78 Å². The van der Waals surface area contributed by atoms with Crippen molar-refractivity contribution in [1.29, 1.82) is 0 Å². The third-order valence-corrected chi connectivity index (χ3v) is 4.38. The maximum atomic E-state index is 13.3. The van der Waals surface area contributed by atoms with Crippen LogP contribution in [0.2, 0.25) is 0 Å². The molecule has 21 heavy (non-hydrogen) atoms. The molecule has 1 fully saturated rings. The standard InChI is InChI=1S/C17H20FNO2/c1-2-6-17(7-3-8-19-11-17)16(20)15-10-12-9-13(18)4-5-14(12)21-15/h4-5,9-10,19H,2-3,6-8,11H2,1H3. The summed E-state index contributed by atoms with van der Waals surface area (Å²) >= 11 is 0. The Labute approximate surface area is 123 Å². The molecule has 0 spiro atoms. The topological polar surface area (TPSA) is 42.2 Å². The van der Waals surface area contributed by atoms with Crippen molar-refractivity contribution in [2.24, 2.45) is 5.41 Å².